The van der Waals surface area contributed by atoms with E-state index in [2.05, 4.69) is 32.0 Å². The fourth-order valence-corrected chi connectivity index (χ4v) is 3.17. The maximum absolute atomic E-state index is 9.40. The van der Waals surface area contributed by atoms with Gasteiger partial charge in [-0.2, -0.15) is 4.98 Å². The van der Waals surface area contributed by atoms with E-state index in [9.17, 15) is 5.11 Å². The molecule has 2 aromatic carbocycles. The number of benzene rings is 2. The van der Waals surface area contributed by atoms with Crippen LogP contribution in [0.1, 0.15) is 4.88 Å². The van der Waals surface area contributed by atoms with Crippen LogP contribution in [-0.4, -0.2) is 15.1 Å². The predicted molar refractivity (Wildman–Crippen MR) is 103 cm³/mol. The van der Waals surface area contributed by atoms with Gasteiger partial charge < -0.3 is 15.7 Å². The van der Waals surface area contributed by atoms with Gasteiger partial charge in [0.05, 0.1) is 12.1 Å². The lowest BCUT2D eigenvalue weighted by Crippen LogP contribution is -2.05. The molecule has 0 unspecified atom stereocenters. The van der Waals surface area contributed by atoms with Gasteiger partial charge in [0.2, 0.25) is 5.95 Å². The fourth-order valence-electron chi connectivity index (χ4n) is 2.53. The molecule has 0 saturated carbocycles. The van der Waals surface area contributed by atoms with Gasteiger partial charge in [0.25, 0.3) is 0 Å². The topological polar surface area (TPSA) is 70.1 Å². The smallest absolute Gasteiger partial charge is 0.229 e. The molecule has 4 aromatic rings. The summed E-state index contributed by atoms with van der Waals surface area (Å²) in [5, 5.41) is 19.0. The number of phenolic OH excluding ortho intramolecular Hbond substituents is 1. The van der Waals surface area contributed by atoms with Crippen molar-refractivity contribution in [2.24, 2.45) is 0 Å². The van der Waals surface area contributed by atoms with Crippen molar-refractivity contribution in [2.75, 3.05) is 10.6 Å². The van der Waals surface area contributed by atoms with Crippen LogP contribution in [0.5, 0.6) is 5.75 Å². The molecule has 0 bridgehead atoms. The van der Waals surface area contributed by atoms with Crippen molar-refractivity contribution in [1.29, 1.82) is 0 Å². The Morgan fingerprint density at radius 1 is 0.920 bits per heavy atom. The number of hydrogen-bond acceptors (Lipinski definition) is 6. The summed E-state index contributed by atoms with van der Waals surface area (Å²) in [6.07, 6.45) is 0. The molecule has 0 amide bonds. The third kappa shape index (κ3) is 3.54. The Kier molecular flexibility index (Phi) is 4.18. The van der Waals surface area contributed by atoms with Gasteiger partial charge in [0.15, 0.2) is 0 Å². The number of rotatable bonds is 5. The Morgan fingerprint density at radius 2 is 1.76 bits per heavy atom. The summed E-state index contributed by atoms with van der Waals surface area (Å²) in [5.74, 6) is 1.53. The molecule has 0 aliphatic carbocycles. The van der Waals surface area contributed by atoms with Crippen LogP contribution in [0.4, 0.5) is 17.5 Å². The highest BCUT2D eigenvalue weighted by molar-refractivity contribution is 7.09. The zero-order valence-corrected chi connectivity index (χ0v) is 14.1. The van der Waals surface area contributed by atoms with Crippen molar-refractivity contribution >= 4 is 39.7 Å². The van der Waals surface area contributed by atoms with Crippen molar-refractivity contribution in [3.63, 3.8) is 0 Å². The SMILES string of the molecule is Oc1ccc(Nc2nc(NCc3cccs3)c3ccccc3n2)cc1. The maximum atomic E-state index is 9.40. The second-order valence-electron chi connectivity index (χ2n) is 5.52. The van der Waals surface area contributed by atoms with Crippen LogP contribution >= 0.6 is 11.3 Å². The van der Waals surface area contributed by atoms with Crippen molar-refractivity contribution in [1.82, 2.24) is 9.97 Å². The van der Waals surface area contributed by atoms with Gasteiger partial charge >= 0.3 is 0 Å². The first kappa shape index (κ1) is 15.4. The van der Waals surface area contributed by atoms with E-state index in [0.29, 0.717) is 5.95 Å². The molecular formula is C19H16N4OS. The molecule has 25 heavy (non-hydrogen) atoms. The first-order chi connectivity index (χ1) is 12.3. The zero-order valence-electron chi connectivity index (χ0n) is 13.3. The number of hydrogen-bond donors (Lipinski definition) is 3. The number of aromatic nitrogens is 2. The molecule has 0 saturated heterocycles. The van der Waals surface area contributed by atoms with Crippen LogP contribution in [0.15, 0.2) is 66.0 Å². The number of aromatic hydroxyl groups is 1. The minimum atomic E-state index is 0.225. The molecule has 124 valence electrons. The largest absolute Gasteiger partial charge is 0.508 e. The number of fused-ring (bicyclic) bond motifs is 1. The van der Waals surface area contributed by atoms with Gasteiger partial charge in [-0.25, -0.2) is 4.98 Å². The summed E-state index contributed by atoms with van der Waals surface area (Å²) < 4.78 is 0. The summed E-state index contributed by atoms with van der Waals surface area (Å²) in [6, 6.07) is 18.9. The van der Waals surface area contributed by atoms with E-state index >= 15 is 0 Å². The standard InChI is InChI=1S/C19H16N4OS/c24-14-9-7-13(8-10-14)21-19-22-17-6-2-1-5-16(17)18(23-19)20-12-15-4-3-11-25-15/h1-11,24H,12H2,(H2,20,21,22,23). The first-order valence-corrected chi connectivity index (χ1v) is 8.75. The molecule has 0 radical (unpaired) electrons. The number of thiophene rings is 1. The quantitative estimate of drug-likeness (QED) is 0.454. The maximum Gasteiger partial charge on any atom is 0.229 e. The molecule has 5 nitrogen and oxygen atoms in total. The minimum Gasteiger partial charge on any atom is -0.508 e. The number of nitrogens with zero attached hydrogens (tertiary/aromatic N) is 2. The van der Waals surface area contributed by atoms with Crippen molar-refractivity contribution in [3.05, 3.63) is 70.9 Å². The minimum absolute atomic E-state index is 0.225. The van der Waals surface area contributed by atoms with Crippen LogP contribution in [-0.2, 0) is 6.54 Å². The van der Waals surface area contributed by atoms with E-state index < -0.39 is 0 Å². The Hall–Kier alpha value is -3.12. The molecule has 6 heteroatoms. The van der Waals surface area contributed by atoms with Gasteiger partial charge in [-0.05, 0) is 47.8 Å². The number of anilines is 3. The molecule has 0 aliphatic rings. The zero-order chi connectivity index (χ0) is 17.1. The van der Waals surface area contributed by atoms with Crippen LogP contribution in [0, 0.1) is 0 Å². The second-order valence-corrected chi connectivity index (χ2v) is 6.55. The monoisotopic (exact) mass is 348 g/mol. The number of para-hydroxylation sites is 1. The molecule has 0 atom stereocenters. The lowest BCUT2D eigenvalue weighted by Gasteiger charge is -2.11. The summed E-state index contributed by atoms with van der Waals surface area (Å²) in [5.41, 5.74) is 1.68. The Bertz CT molecular complexity index is 984. The van der Waals surface area contributed by atoms with Gasteiger partial charge in [-0.3, -0.25) is 0 Å². The molecule has 0 fully saturated rings. The van der Waals surface area contributed by atoms with Gasteiger partial charge in [0, 0.05) is 16.0 Å². The lowest BCUT2D eigenvalue weighted by atomic mass is 10.2. The highest BCUT2D eigenvalue weighted by atomic mass is 32.1. The summed E-state index contributed by atoms with van der Waals surface area (Å²) in [6.45, 7) is 0.720. The van der Waals surface area contributed by atoms with E-state index in [0.717, 1.165) is 29.0 Å². The van der Waals surface area contributed by atoms with E-state index in [4.69, 9.17) is 0 Å². The first-order valence-electron chi connectivity index (χ1n) is 7.87. The van der Waals surface area contributed by atoms with Gasteiger partial charge in [0.1, 0.15) is 11.6 Å². The highest BCUT2D eigenvalue weighted by Gasteiger charge is 2.08. The second kappa shape index (κ2) is 6.78. The van der Waals surface area contributed by atoms with Gasteiger partial charge in [-0.15, -0.1) is 11.3 Å². The normalized spacial score (nSPS) is 10.7. The average molecular weight is 348 g/mol. The molecule has 0 aliphatic heterocycles. The van der Waals surface area contributed by atoms with Crippen LogP contribution in [0.2, 0.25) is 0 Å². The molecule has 0 spiro atoms. The lowest BCUT2D eigenvalue weighted by molar-refractivity contribution is 0.475. The molecule has 2 heterocycles. The third-order valence-corrected chi connectivity index (χ3v) is 4.61. The van der Waals surface area contributed by atoms with E-state index in [1.165, 1.54) is 4.88 Å². The summed E-state index contributed by atoms with van der Waals surface area (Å²) in [4.78, 5) is 10.4. The van der Waals surface area contributed by atoms with E-state index in [1.807, 2.05) is 30.3 Å². The Morgan fingerprint density at radius 3 is 2.56 bits per heavy atom. The number of phenols is 1. The Labute approximate surface area is 149 Å². The number of nitrogens with one attached hydrogen (secondary N) is 2. The van der Waals surface area contributed by atoms with Crippen molar-refractivity contribution in [3.8, 4) is 5.75 Å². The molecule has 4 rings (SSSR count). The molecule has 3 N–H and O–H groups in total. The third-order valence-electron chi connectivity index (χ3n) is 3.74. The van der Waals surface area contributed by atoms with Crippen LogP contribution in [0.25, 0.3) is 10.9 Å². The van der Waals surface area contributed by atoms with Crippen LogP contribution in [0.3, 0.4) is 0 Å². The summed E-state index contributed by atoms with van der Waals surface area (Å²) in [7, 11) is 0. The fraction of sp³-hybridized carbons (Fsp3) is 0.0526. The van der Waals surface area contributed by atoms with E-state index in [-0.39, 0.29) is 5.75 Å². The van der Waals surface area contributed by atoms with Crippen LogP contribution < -0.4 is 10.6 Å². The van der Waals surface area contributed by atoms with Crippen molar-refractivity contribution < 1.29 is 5.11 Å². The average Bonchev–Trinajstić information content (AvgIpc) is 3.15. The Balaban J connectivity index is 1.66. The predicted octanol–water partition coefficient (Wildman–Crippen LogP) is 4.75. The highest BCUT2D eigenvalue weighted by Crippen LogP contribution is 2.25. The summed E-state index contributed by atoms with van der Waals surface area (Å²) >= 11 is 1.71. The van der Waals surface area contributed by atoms with Gasteiger partial charge in [-0.1, -0.05) is 18.2 Å². The van der Waals surface area contributed by atoms with E-state index in [1.54, 1.807) is 35.6 Å². The molecule has 2 aromatic heterocycles. The molecular weight excluding hydrogens is 332 g/mol. The van der Waals surface area contributed by atoms with Crippen molar-refractivity contribution in [2.45, 2.75) is 6.54 Å².